The molecule has 0 spiro atoms. The third-order valence-electron chi connectivity index (χ3n) is 2.37. The highest BCUT2D eigenvalue weighted by molar-refractivity contribution is 6.31. The van der Waals surface area contributed by atoms with Crippen molar-refractivity contribution in [3.63, 3.8) is 0 Å². The Bertz CT molecular complexity index is 485. The molecule has 0 fully saturated rings. The van der Waals surface area contributed by atoms with Gasteiger partial charge in [-0.2, -0.15) is 5.10 Å². The molecule has 0 aliphatic heterocycles. The SMILES string of the molecule is Cc1nn(-c2cc(C(C)N)ccn2)cc1Cl. The van der Waals surface area contributed by atoms with E-state index in [0.717, 1.165) is 17.1 Å². The van der Waals surface area contributed by atoms with Gasteiger partial charge in [-0.1, -0.05) is 11.6 Å². The largest absolute Gasteiger partial charge is 0.324 e. The molecule has 0 aliphatic carbocycles. The second kappa shape index (κ2) is 4.23. The van der Waals surface area contributed by atoms with Gasteiger partial charge < -0.3 is 5.73 Å². The maximum atomic E-state index is 5.95. The van der Waals surface area contributed by atoms with Gasteiger partial charge in [0.15, 0.2) is 5.82 Å². The molecule has 0 amide bonds. The van der Waals surface area contributed by atoms with Crippen LogP contribution in [0.5, 0.6) is 0 Å². The third-order valence-corrected chi connectivity index (χ3v) is 2.74. The molecular formula is C11H13ClN4. The van der Waals surface area contributed by atoms with Gasteiger partial charge in [-0.05, 0) is 31.5 Å². The molecule has 0 aliphatic rings. The van der Waals surface area contributed by atoms with Gasteiger partial charge in [0.05, 0.1) is 16.9 Å². The van der Waals surface area contributed by atoms with Crippen molar-refractivity contribution in [2.45, 2.75) is 19.9 Å². The Morgan fingerprint density at radius 3 is 2.81 bits per heavy atom. The zero-order chi connectivity index (χ0) is 11.7. The molecule has 0 radical (unpaired) electrons. The van der Waals surface area contributed by atoms with Crippen LogP contribution in [0.2, 0.25) is 5.02 Å². The number of nitrogens with two attached hydrogens (primary N) is 1. The van der Waals surface area contributed by atoms with E-state index in [1.54, 1.807) is 17.1 Å². The van der Waals surface area contributed by atoms with Crippen molar-refractivity contribution in [2.24, 2.45) is 5.73 Å². The minimum Gasteiger partial charge on any atom is -0.324 e. The Labute approximate surface area is 99.1 Å². The Morgan fingerprint density at radius 2 is 2.25 bits per heavy atom. The van der Waals surface area contributed by atoms with Crippen molar-refractivity contribution >= 4 is 11.6 Å². The number of hydrogen-bond acceptors (Lipinski definition) is 3. The topological polar surface area (TPSA) is 56.7 Å². The van der Waals surface area contributed by atoms with E-state index in [0.29, 0.717) is 5.02 Å². The summed E-state index contributed by atoms with van der Waals surface area (Å²) in [5.41, 5.74) is 7.62. The average Bonchev–Trinajstić information content (AvgIpc) is 2.59. The number of rotatable bonds is 2. The van der Waals surface area contributed by atoms with Crippen LogP contribution in [0.1, 0.15) is 24.2 Å². The smallest absolute Gasteiger partial charge is 0.153 e. The van der Waals surface area contributed by atoms with Crippen LogP contribution in [0.4, 0.5) is 0 Å². The quantitative estimate of drug-likeness (QED) is 0.870. The Kier molecular flexibility index (Phi) is 2.94. The highest BCUT2D eigenvalue weighted by Gasteiger charge is 2.06. The number of pyridine rings is 1. The standard InChI is InChI=1S/C11H13ClN4/c1-7(13)9-3-4-14-11(5-9)16-6-10(12)8(2)15-16/h3-7H,13H2,1-2H3. The maximum absolute atomic E-state index is 5.95. The highest BCUT2D eigenvalue weighted by Crippen LogP contribution is 2.17. The molecule has 1 unspecified atom stereocenters. The molecule has 1 atom stereocenters. The van der Waals surface area contributed by atoms with Crippen molar-refractivity contribution in [1.29, 1.82) is 0 Å². The first-order valence-electron chi connectivity index (χ1n) is 5.01. The lowest BCUT2D eigenvalue weighted by Crippen LogP contribution is -2.07. The van der Waals surface area contributed by atoms with E-state index < -0.39 is 0 Å². The number of hydrogen-bond donors (Lipinski definition) is 1. The lowest BCUT2D eigenvalue weighted by molar-refractivity contribution is 0.792. The zero-order valence-corrected chi connectivity index (χ0v) is 9.94. The van der Waals surface area contributed by atoms with Crippen LogP contribution in [0.3, 0.4) is 0 Å². The van der Waals surface area contributed by atoms with Crippen LogP contribution in [0.15, 0.2) is 24.5 Å². The first kappa shape index (κ1) is 11.1. The minimum atomic E-state index is -0.0196. The number of aromatic nitrogens is 3. The molecule has 2 heterocycles. The van der Waals surface area contributed by atoms with Gasteiger partial charge in [0.25, 0.3) is 0 Å². The molecule has 4 nitrogen and oxygen atoms in total. The van der Waals surface area contributed by atoms with Gasteiger partial charge in [0.1, 0.15) is 0 Å². The normalized spacial score (nSPS) is 12.8. The predicted octanol–water partition coefficient (Wildman–Crippen LogP) is 2.25. The second-order valence-electron chi connectivity index (χ2n) is 3.74. The molecule has 0 bridgehead atoms. The lowest BCUT2D eigenvalue weighted by atomic mass is 10.1. The van der Waals surface area contributed by atoms with E-state index in [1.807, 2.05) is 26.0 Å². The Balaban J connectivity index is 2.44. The van der Waals surface area contributed by atoms with Crippen molar-refractivity contribution in [2.75, 3.05) is 0 Å². The fourth-order valence-electron chi connectivity index (χ4n) is 1.40. The second-order valence-corrected chi connectivity index (χ2v) is 4.15. The van der Waals surface area contributed by atoms with Crippen LogP contribution >= 0.6 is 11.6 Å². The van der Waals surface area contributed by atoms with Crippen LogP contribution in [0, 0.1) is 6.92 Å². The van der Waals surface area contributed by atoms with E-state index in [2.05, 4.69) is 10.1 Å². The van der Waals surface area contributed by atoms with Crippen LogP contribution < -0.4 is 5.73 Å². The summed E-state index contributed by atoms with van der Waals surface area (Å²) in [6.07, 6.45) is 3.46. The molecule has 2 aromatic rings. The molecule has 2 rings (SSSR count). The van der Waals surface area contributed by atoms with Gasteiger partial charge in [-0.25, -0.2) is 9.67 Å². The van der Waals surface area contributed by atoms with Gasteiger partial charge in [-0.3, -0.25) is 0 Å². The summed E-state index contributed by atoms with van der Waals surface area (Å²) in [6, 6.07) is 3.79. The van der Waals surface area contributed by atoms with Gasteiger partial charge in [-0.15, -0.1) is 0 Å². The highest BCUT2D eigenvalue weighted by atomic mass is 35.5. The molecule has 16 heavy (non-hydrogen) atoms. The molecule has 0 saturated heterocycles. The summed E-state index contributed by atoms with van der Waals surface area (Å²) in [5.74, 6) is 0.727. The van der Waals surface area contributed by atoms with Gasteiger partial charge in [0.2, 0.25) is 0 Å². The first-order chi connectivity index (χ1) is 7.58. The Morgan fingerprint density at radius 1 is 1.50 bits per heavy atom. The van der Waals surface area contributed by atoms with E-state index in [1.165, 1.54) is 0 Å². The van der Waals surface area contributed by atoms with E-state index in [9.17, 15) is 0 Å². The van der Waals surface area contributed by atoms with Crippen molar-refractivity contribution < 1.29 is 0 Å². The summed E-state index contributed by atoms with van der Waals surface area (Å²) in [5, 5.41) is 4.89. The molecule has 0 saturated carbocycles. The zero-order valence-electron chi connectivity index (χ0n) is 9.18. The first-order valence-corrected chi connectivity index (χ1v) is 5.39. The predicted molar refractivity (Wildman–Crippen MR) is 63.7 cm³/mol. The van der Waals surface area contributed by atoms with E-state index >= 15 is 0 Å². The fraction of sp³-hybridized carbons (Fsp3) is 0.273. The summed E-state index contributed by atoms with van der Waals surface area (Å²) >= 11 is 5.95. The molecule has 5 heteroatoms. The molecule has 0 aromatic carbocycles. The number of aryl methyl sites for hydroxylation is 1. The summed E-state index contributed by atoms with van der Waals surface area (Å²) in [4.78, 5) is 4.23. The van der Waals surface area contributed by atoms with Crippen LogP contribution in [0.25, 0.3) is 5.82 Å². The van der Waals surface area contributed by atoms with Crippen molar-refractivity contribution in [3.8, 4) is 5.82 Å². The molecular weight excluding hydrogens is 224 g/mol. The van der Waals surface area contributed by atoms with Gasteiger partial charge >= 0.3 is 0 Å². The third kappa shape index (κ3) is 2.08. The maximum Gasteiger partial charge on any atom is 0.153 e. The average molecular weight is 237 g/mol. The lowest BCUT2D eigenvalue weighted by Gasteiger charge is -2.07. The molecule has 2 aromatic heterocycles. The summed E-state index contributed by atoms with van der Waals surface area (Å²) < 4.78 is 1.66. The molecule has 84 valence electrons. The Hall–Kier alpha value is -1.39. The summed E-state index contributed by atoms with van der Waals surface area (Å²) in [6.45, 7) is 3.79. The van der Waals surface area contributed by atoms with E-state index in [-0.39, 0.29) is 6.04 Å². The summed E-state index contributed by atoms with van der Waals surface area (Å²) in [7, 11) is 0. The van der Waals surface area contributed by atoms with Crippen molar-refractivity contribution in [3.05, 3.63) is 40.8 Å². The monoisotopic (exact) mass is 236 g/mol. The molecule has 2 N–H and O–H groups in total. The van der Waals surface area contributed by atoms with Crippen LogP contribution in [-0.4, -0.2) is 14.8 Å². The van der Waals surface area contributed by atoms with Crippen LogP contribution in [-0.2, 0) is 0 Å². The minimum absolute atomic E-state index is 0.0196. The van der Waals surface area contributed by atoms with E-state index in [4.69, 9.17) is 17.3 Å². The number of nitrogens with zero attached hydrogens (tertiary/aromatic N) is 3. The van der Waals surface area contributed by atoms with Gasteiger partial charge in [0, 0.05) is 12.2 Å². The fourth-order valence-corrected chi connectivity index (χ4v) is 1.53. The van der Waals surface area contributed by atoms with Crippen molar-refractivity contribution in [1.82, 2.24) is 14.8 Å². The number of halogens is 1.